The van der Waals surface area contributed by atoms with E-state index in [1.807, 2.05) is 35.8 Å². The minimum Gasteiger partial charge on any atom is -0.449 e. The van der Waals surface area contributed by atoms with Gasteiger partial charge < -0.3 is 19.7 Å². The van der Waals surface area contributed by atoms with E-state index in [4.69, 9.17) is 16.3 Å². The number of nitrogens with zero attached hydrogens (tertiary/aromatic N) is 3. The minimum atomic E-state index is -1.48. The number of anilines is 1. The number of aromatic nitrogens is 3. The summed E-state index contributed by atoms with van der Waals surface area (Å²) in [6.07, 6.45) is 1.96. The van der Waals surface area contributed by atoms with Gasteiger partial charge in [-0.1, -0.05) is 47.9 Å². The van der Waals surface area contributed by atoms with Gasteiger partial charge in [0.25, 0.3) is 0 Å². The van der Waals surface area contributed by atoms with Gasteiger partial charge in [0.15, 0.2) is 5.82 Å². The number of fused-ring (bicyclic) bond motifs is 1. The lowest BCUT2D eigenvalue weighted by Crippen LogP contribution is -2.31. The first-order valence-electron chi connectivity index (χ1n) is 11.9. The quantitative estimate of drug-likeness (QED) is 0.264. The van der Waals surface area contributed by atoms with Crippen LogP contribution in [0.2, 0.25) is 5.02 Å². The van der Waals surface area contributed by atoms with Crippen LogP contribution in [0.25, 0.3) is 22.3 Å². The zero-order valence-electron chi connectivity index (χ0n) is 20.0. The number of halogens is 2. The van der Waals surface area contributed by atoms with Gasteiger partial charge in [-0.2, -0.15) is 9.97 Å². The van der Waals surface area contributed by atoms with Crippen molar-refractivity contribution in [2.24, 2.45) is 5.92 Å². The van der Waals surface area contributed by atoms with Crippen LogP contribution in [0.4, 0.5) is 15.0 Å². The average Bonchev–Trinajstić information content (AvgIpc) is 3.13. The van der Waals surface area contributed by atoms with Crippen LogP contribution in [0.1, 0.15) is 37.3 Å². The first-order valence-corrected chi connectivity index (χ1v) is 12.3. The Bertz CT molecular complexity index is 1450. The number of carbonyl (C=O) groups is 1. The monoisotopic (exact) mass is 508 g/mol. The van der Waals surface area contributed by atoms with E-state index in [0.717, 1.165) is 29.7 Å². The Kier molecular flexibility index (Phi) is 6.53. The van der Waals surface area contributed by atoms with Crippen LogP contribution in [-0.2, 0) is 6.54 Å². The number of hydrogen-bond acceptors (Lipinski definition) is 5. The number of rotatable bonds is 7. The van der Waals surface area contributed by atoms with E-state index in [1.54, 1.807) is 6.07 Å². The largest absolute Gasteiger partial charge is 0.513 e. The van der Waals surface area contributed by atoms with Crippen molar-refractivity contribution < 1.29 is 19.0 Å². The summed E-state index contributed by atoms with van der Waals surface area (Å²) in [5, 5.41) is 12.7. The molecule has 9 heteroatoms. The standard InChI is InChI=1S/C27H26ClFN4O3/c1-15-5-3-8-19(11-15)23-13-22-24(33(23)14-17-9-10-20(28)21(29)12-17)25(30-16(2)18-6-4-7-18)32-26(31-22)36-27(34)35/h3,5,8-13,16,18H,4,6-7,14H2,1-2H3,(H,34,35)(H,30,31,32)/t16-/m1/s1. The third-order valence-corrected chi connectivity index (χ3v) is 7.07. The molecule has 1 saturated carbocycles. The van der Waals surface area contributed by atoms with Crippen molar-refractivity contribution in [1.82, 2.24) is 14.5 Å². The topological polar surface area (TPSA) is 89.3 Å². The molecule has 1 aliphatic rings. The maximum absolute atomic E-state index is 14.3. The highest BCUT2D eigenvalue weighted by molar-refractivity contribution is 6.30. The Morgan fingerprint density at radius 2 is 2.06 bits per heavy atom. The van der Waals surface area contributed by atoms with E-state index in [9.17, 15) is 14.3 Å². The highest BCUT2D eigenvalue weighted by Gasteiger charge is 2.26. The predicted molar refractivity (Wildman–Crippen MR) is 137 cm³/mol. The summed E-state index contributed by atoms with van der Waals surface area (Å²) in [6, 6.07) is 14.5. The number of aryl methyl sites for hydroxylation is 1. The zero-order chi connectivity index (χ0) is 25.4. The second-order valence-electron chi connectivity index (χ2n) is 9.31. The Labute approximate surface area is 212 Å². The molecule has 1 fully saturated rings. The molecule has 0 aliphatic heterocycles. The summed E-state index contributed by atoms with van der Waals surface area (Å²) in [4.78, 5) is 20.1. The number of ether oxygens (including phenoxy) is 1. The molecule has 0 spiro atoms. The molecule has 1 atom stereocenters. The van der Waals surface area contributed by atoms with E-state index in [-0.39, 0.29) is 17.1 Å². The summed E-state index contributed by atoms with van der Waals surface area (Å²) in [6.45, 7) is 4.44. The van der Waals surface area contributed by atoms with E-state index >= 15 is 0 Å². The van der Waals surface area contributed by atoms with Crippen molar-refractivity contribution in [3.8, 4) is 17.3 Å². The molecule has 0 saturated heterocycles. The number of hydrogen-bond donors (Lipinski definition) is 2. The molecule has 7 nitrogen and oxygen atoms in total. The zero-order valence-corrected chi connectivity index (χ0v) is 20.7. The number of benzene rings is 2. The van der Waals surface area contributed by atoms with Crippen LogP contribution in [0.15, 0.2) is 48.5 Å². The van der Waals surface area contributed by atoms with E-state index in [0.29, 0.717) is 34.9 Å². The molecule has 186 valence electrons. The van der Waals surface area contributed by atoms with Gasteiger partial charge in [0.05, 0.1) is 16.2 Å². The lowest BCUT2D eigenvalue weighted by atomic mass is 9.80. The molecule has 0 radical (unpaired) electrons. The first kappa shape index (κ1) is 24.1. The normalized spacial score (nSPS) is 14.4. The van der Waals surface area contributed by atoms with E-state index < -0.39 is 12.0 Å². The van der Waals surface area contributed by atoms with Crippen LogP contribution in [-0.4, -0.2) is 31.8 Å². The van der Waals surface area contributed by atoms with Gasteiger partial charge in [0.1, 0.15) is 11.3 Å². The van der Waals surface area contributed by atoms with Gasteiger partial charge in [0, 0.05) is 12.6 Å². The van der Waals surface area contributed by atoms with E-state index in [1.165, 1.54) is 18.6 Å². The number of nitrogens with one attached hydrogen (secondary N) is 1. The third kappa shape index (κ3) is 4.86. The van der Waals surface area contributed by atoms with Crippen molar-refractivity contribution in [3.63, 3.8) is 0 Å². The van der Waals surface area contributed by atoms with Crippen molar-refractivity contribution >= 4 is 34.6 Å². The number of carboxylic acid groups (broad SMARTS) is 1. The Morgan fingerprint density at radius 1 is 1.25 bits per heavy atom. The smallest absolute Gasteiger partial charge is 0.449 e. The lowest BCUT2D eigenvalue weighted by Gasteiger charge is -2.32. The fraction of sp³-hybridized carbons (Fsp3) is 0.296. The molecular weight excluding hydrogens is 483 g/mol. The van der Waals surface area contributed by atoms with Crippen LogP contribution < -0.4 is 10.1 Å². The molecule has 2 aromatic heterocycles. The lowest BCUT2D eigenvalue weighted by molar-refractivity contribution is 0.140. The average molecular weight is 509 g/mol. The third-order valence-electron chi connectivity index (χ3n) is 6.76. The Hall–Kier alpha value is -3.65. The van der Waals surface area contributed by atoms with Gasteiger partial charge >= 0.3 is 12.2 Å². The molecule has 0 unspecified atom stereocenters. The molecule has 36 heavy (non-hydrogen) atoms. The molecule has 5 rings (SSSR count). The predicted octanol–water partition coefficient (Wildman–Crippen LogP) is 6.90. The fourth-order valence-electron chi connectivity index (χ4n) is 4.67. The van der Waals surface area contributed by atoms with Crippen LogP contribution in [0.5, 0.6) is 6.01 Å². The fourth-order valence-corrected chi connectivity index (χ4v) is 4.79. The maximum Gasteiger partial charge on any atom is 0.513 e. The molecule has 0 bridgehead atoms. The van der Waals surface area contributed by atoms with Crippen LogP contribution in [0.3, 0.4) is 0 Å². The maximum atomic E-state index is 14.3. The summed E-state index contributed by atoms with van der Waals surface area (Å²) in [5.74, 6) is 0.487. The minimum absolute atomic E-state index is 0.0606. The van der Waals surface area contributed by atoms with E-state index in [2.05, 4.69) is 28.3 Å². The SMILES string of the molecule is Cc1cccc(-c2cc3nc(OC(=O)O)nc(N[C@H](C)C4CCC4)c3n2Cc2ccc(Cl)c(F)c2)c1. The van der Waals surface area contributed by atoms with Gasteiger partial charge in [-0.05, 0) is 68.0 Å². The van der Waals surface area contributed by atoms with Gasteiger partial charge in [0.2, 0.25) is 0 Å². The molecular formula is C27H26ClFN4O3. The Morgan fingerprint density at radius 3 is 2.72 bits per heavy atom. The summed E-state index contributed by atoms with van der Waals surface area (Å²) in [7, 11) is 0. The first-order chi connectivity index (χ1) is 17.3. The van der Waals surface area contributed by atoms with Crippen molar-refractivity contribution in [3.05, 3.63) is 70.5 Å². The molecule has 2 N–H and O–H groups in total. The van der Waals surface area contributed by atoms with Crippen molar-refractivity contribution in [2.75, 3.05) is 5.32 Å². The second kappa shape index (κ2) is 9.78. The second-order valence-corrected chi connectivity index (χ2v) is 9.72. The summed E-state index contributed by atoms with van der Waals surface area (Å²) < 4.78 is 21.2. The highest BCUT2D eigenvalue weighted by Crippen LogP contribution is 2.36. The van der Waals surface area contributed by atoms with Crippen LogP contribution >= 0.6 is 11.6 Å². The molecule has 2 aromatic carbocycles. The molecule has 0 amide bonds. The van der Waals surface area contributed by atoms with Gasteiger partial charge in [-0.15, -0.1) is 0 Å². The summed E-state index contributed by atoms with van der Waals surface area (Å²) >= 11 is 5.92. The van der Waals surface area contributed by atoms with Crippen molar-refractivity contribution in [2.45, 2.75) is 45.7 Å². The molecule has 1 aliphatic carbocycles. The summed E-state index contributed by atoms with van der Waals surface area (Å²) in [5.41, 5.74) is 4.79. The van der Waals surface area contributed by atoms with Crippen molar-refractivity contribution in [1.29, 1.82) is 0 Å². The van der Waals surface area contributed by atoms with Gasteiger partial charge in [-0.25, -0.2) is 9.18 Å². The molecule has 2 heterocycles. The van der Waals surface area contributed by atoms with Crippen LogP contribution in [0, 0.1) is 18.7 Å². The van der Waals surface area contributed by atoms with Gasteiger partial charge in [-0.3, -0.25) is 0 Å². The Balaban J connectivity index is 1.71. The highest BCUT2D eigenvalue weighted by atomic mass is 35.5. The molecule has 4 aromatic rings.